The lowest BCUT2D eigenvalue weighted by Crippen LogP contribution is -2.43. The Morgan fingerprint density at radius 3 is 3.17 bits per heavy atom. The number of nitrogens with zero attached hydrogens (tertiary/aromatic N) is 2. The largest absolute Gasteiger partial charge is 0.374 e. The smallest absolute Gasteiger partial charge is 0.271 e. The summed E-state index contributed by atoms with van der Waals surface area (Å²) in [6.07, 6.45) is 0.0845. The van der Waals surface area contributed by atoms with E-state index in [1.54, 1.807) is 6.92 Å². The Morgan fingerprint density at radius 1 is 1.67 bits per heavy atom. The van der Waals surface area contributed by atoms with Gasteiger partial charge in [0, 0.05) is 19.6 Å². The monoisotopic (exact) mass is 272 g/mol. The third-order valence-electron chi connectivity index (χ3n) is 2.82. The normalized spacial score (nSPS) is 20.9. The molecule has 0 bridgehead atoms. The molecule has 0 saturated carbocycles. The van der Waals surface area contributed by atoms with Crippen molar-refractivity contribution in [1.29, 1.82) is 0 Å². The Morgan fingerprint density at radius 2 is 2.44 bits per heavy atom. The molecule has 6 nitrogen and oxygen atoms in total. The second-order valence-corrected chi connectivity index (χ2v) is 4.83. The van der Waals surface area contributed by atoms with E-state index in [1.807, 2.05) is 0 Å². The van der Waals surface area contributed by atoms with Crippen molar-refractivity contribution < 1.29 is 4.74 Å². The van der Waals surface area contributed by atoms with E-state index in [9.17, 15) is 4.79 Å². The van der Waals surface area contributed by atoms with Gasteiger partial charge in [-0.3, -0.25) is 4.79 Å². The van der Waals surface area contributed by atoms with Gasteiger partial charge < -0.3 is 19.9 Å². The summed E-state index contributed by atoms with van der Waals surface area (Å²) >= 11 is 5.89. The van der Waals surface area contributed by atoms with Gasteiger partial charge in [0.2, 0.25) is 0 Å². The lowest BCUT2D eigenvalue weighted by atomic mass is 10.3. The number of rotatable bonds is 3. The minimum atomic E-state index is -0.326. The molecule has 1 aromatic rings. The molecule has 2 rings (SSSR count). The number of aromatic amines is 1. The van der Waals surface area contributed by atoms with Crippen LogP contribution in [-0.4, -0.2) is 54.3 Å². The lowest BCUT2D eigenvalue weighted by molar-refractivity contribution is -0.0117. The predicted octanol–water partition coefficient (Wildman–Crippen LogP) is 0.474. The number of likely N-dealkylation sites (N-methyl/N-ethyl adjacent to an activating group) is 1. The van der Waals surface area contributed by atoms with Crippen LogP contribution in [0.15, 0.2) is 4.79 Å². The molecule has 1 atom stereocenters. The van der Waals surface area contributed by atoms with Crippen molar-refractivity contribution >= 4 is 17.4 Å². The van der Waals surface area contributed by atoms with Crippen molar-refractivity contribution in [3.8, 4) is 0 Å². The second kappa shape index (κ2) is 5.69. The van der Waals surface area contributed by atoms with E-state index in [0.717, 1.165) is 19.7 Å². The number of hydrogen-bond donors (Lipinski definition) is 2. The first-order chi connectivity index (χ1) is 8.56. The maximum absolute atomic E-state index is 11.5. The molecule has 18 heavy (non-hydrogen) atoms. The minimum absolute atomic E-state index is 0.0845. The van der Waals surface area contributed by atoms with Crippen molar-refractivity contribution in [2.75, 3.05) is 38.6 Å². The van der Waals surface area contributed by atoms with Crippen LogP contribution in [0, 0.1) is 6.92 Å². The van der Waals surface area contributed by atoms with Crippen LogP contribution in [0.25, 0.3) is 0 Å². The van der Waals surface area contributed by atoms with Crippen molar-refractivity contribution in [3.63, 3.8) is 0 Å². The molecule has 2 N–H and O–H groups in total. The molecule has 0 amide bonds. The highest BCUT2D eigenvalue weighted by atomic mass is 35.5. The molecule has 1 unspecified atom stereocenters. The van der Waals surface area contributed by atoms with Gasteiger partial charge in [-0.1, -0.05) is 11.6 Å². The molecule has 0 spiro atoms. The van der Waals surface area contributed by atoms with Crippen molar-refractivity contribution in [2.24, 2.45) is 0 Å². The van der Waals surface area contributed by atoms with Crippen LogP contribution < -0.4 is 10.9 Å². The van der Waals surface area contributed by atoms with Gasteiger partial charge in [0.25, 0.3) is 5.56 Å². The Hall–Kier alpha value is -1.11. The number of anilines is 1. The van der Waals surface area contributed by atoms with Gasteiger partial charge in [0.1, 0.15) is 10.8 Å². The zero-order chi connectivity index (χ0) is 13.1. The summed E-state index contributed by atoms with van der Waals surface area (Å²) in [5.41, 5.74) is -0.326. The lowest BCUT2D eigenvalue weighted by Gasteiger charge is -2.30. The Bertz CT molecular complexity index is 477. The summed E-state index contributed by atoms with van der Waals surface area (Å²) in [7, 11) is 2.05. The topological polar surface area (TPSA) is 70.2 Å². The van der Waals surface area contributed by atoms with Crippen LogP contribution in [0.5, 0.6) is 0 Å². The maximum atomic E-state index is 11.5. The van der Waals surface area contributed by atoms with Crippen LogP contribution in [0.3, 0.4) is 0 Å². The van der Waals surface area contributed by atoms with E-state index in [4.69, 9.17) is 16.3 Å². The highest BCUT2D eigenvalue weighted by Gasteiger charge is 2.18. The Kier molecular flexibility index (Phi) is 4.21. The predicted molar refractivity (Wildman–Crippen MR) is 70.3 cm³/mol. The molecule has 1 aromatic heterocycles. The van der Waals surface area contributed by atoms with Gasteiger partial charge in [-0.2, -0.15) is 0 Å². The second-order valence-electron chi connectivity index (χ2n) is 4.45. The molecule has 1 saturated heterocycles. The molecule has 0 radical (unpaired) electrons. The van der Waals surface area contributed by atoms with Crippen LogP contribution in [-0.2, 0) is 4.74 Å². The first-order valence-corrected chi connectivity index (χ1v) is 6.24. The standard InChI is InChI=1S/C11H17ClN4O2/c1-7-14-10(9(12)11(17)15-7)13-5-8-6-16(2)3-4-18-8/h8H,3-6H2,1-2H3,(H2,13,14,15,17). The van der Waals surface area contributed by atoms with Gasteiger partial charge >= 0.3 is 0 Å². The summed E-state index contributed by atoms with van der Waals surface area (Å²) in [6.45, 7) is 4.82. The Balaban J connectivity index is 1.99. The van der Waals surface area contributed by atoms with E-state index in [-0.39, 0.29) is 16.7 Å². The average Bonchev–Trinajstić information content (AvgIpc) is 2.32. The highest BCUT2D eigenvalue weighted by molar-refractivity contribution is 6.32. The summed E-state index contributed by atoms with van der Waals surface area (Å²) in [4.78, 5) is 20.4. The molecular formula is C11H17ClN4O2. The molecular weight excluding hydrogens is 256 g/mol. The van der Waals surface area contributed by atoms with Gasteiger partial charge in [-0.15, -0.1) is 0 Å². The number of hydrogen-bond acceptors (Lipinski definition) is 5. The number of morpholine rings is 1. The van der Waals surface area contributed by atoms with E-state index in [2.05, 4.69) is 27.2 Å². The van der Waals surface area contributed by atoms with E-state index < -0.39 is 0 Å². The quantitative estimate of drug-likeness (QED) is 0.837. The number of nitrogens with one attached hydrogen (secondary N) is 2. The summed E-state index contributed by atoms with van der Waals surface area (Å²) in [5.74, 6) is 0.948. The first kappa shape index (κ1) is 13.3. The number of H-pyrrole nitrogens is 1. The molecule has 7 heteroatoms. The van der Waals surface area contributed by atoms with Crippen LogP contribution in [0.1, 0.15) is 5.82 Å². The maximum Gasteiger partial charge on any atom is 0.271 e. The third kappa shape index (κ3) is 3.22. The van der Waals surface area contributed by atoms with E-state index >= 15 is 0 Å². The zero-order valence-corrected chi connectivity index (χ0v) is 11.3. The molecule has 0 aliphatic carbocycles. The fraction of sp³-hybridized carbons (Fsp3) is 0.636. The summed E-state index contributed by atoms with van der Waals surface area (Å²) < 4.78 is 5.61. The van der Waals surface area contributed by atoms with Gasteiger partial charge in [-0.25, -0.2) is 4.98 Å². The van der Waals surface area contributed by atoms with Crippen LogP contribution >= 0.6 is 11.6 Å². The van der Waals surface area contributed by atoms with Crippen molar-refractivity contribution in [1.82, 2.24) is 14.9 Å². The fourth-order valence-corrected chi connectivity index (χ4v) is 2.05. The number of aryl methyl sites for hydroxylation is 1. The number of halogens is 1. The summed E-state index contributed by atoms with van der Waals surface area (Å²) in [6, 6.07) is 0. The Labute approximate surface area is 110 Å². The first-order valence-electron chi connectivity index (χ1n) is 5.86. The molecule has 1 fully saturated rings. The third-order valence-corrected chi connectivity index (χ3v) is 3.17. The minimum Gasteiger partial charge on any atom is -0.374 e. The van der Waals surface area contributed by atoms with E-state index in [1.165, 1.54) is 0 Å². The van der Waals surface area contributed by atoms with Crippen molar-refractivity contribution in [2.45, 2.75) is 13.0 Å². The highest BCUT2D eigenvalue weighted by Crippen LogP contribution is 2.14. The van der Waals surface area contributed by atoms with Gasteiger partial charge in [-0.05, 0) is 14.0 Å². The van der Waals surface area contributed by atoms with Crippen LogP contribution in [0.2, 0.25) is 5.02 Å². The zero-order valence-electron chi connectivity index (χ0n) is 10.5. The SMILES string of the molecule is Cc1nc(NCC2CN(C)CCO2)c(Cl)c(=O)[nH]1. The van der Waals surface area contributed by atoms with Gasteiger partial charge in [0.05, 0.1) is 12.7 Å². The average molecular weight is 273 g/mol. The van der Waals surface area contributed by atoms with Crippen molar-refractivity contribution in [3.05, 3.63) is 21.2 Å². The van der Waals surface area contributed by atoms with Crippen LogP contribution in [0.4, 0.5) is 5.82 Å². The molecule has 1 aliphatic rings. The fourth-order valence-electron chi connectivity index (χ4n) is 1.89. The molecule has 0 aromatic carbocycles. The number of aromatic nitrogens is 2. The van der Waals surface area contributed by atoms with Gasteiger partial charge in [0.15, 0.2) is 5.82 Å². The molecule has 2 heterocycles. The van der Waals surface area contributed by atoms with E-state index in [0.29, 0.717) is 18.2 Å². The molecule has 100 valence electrons. The number of ether oxygens (including phenoxy) is 1. The molecule has 1 aliphatic heterocycles. The summed E-state index contributed by atoms with van der Waals surface area (Å²) in [5, 5.41) is 3.16.